The fourth-order valence-corrected chi connectivity index (χ4v) is 8.35. The van der Waals surface area contributed by atoms with Crippen molar-refractivity contribution in [2.75, 3.05) is 6.26 Å². The van der Waals surface area contributed by atoms with E-state index in [0.29, 0.717) is 18.8 Å². The van der Waals surface area contributed by atoms with Crippen LogP contribution in [0.4, 0.5) is 13.2 Å². The molecular weight excluding hydrogens is 525 g/mol. The first kappa shape index (κ1) is 26.8. The van der Waals surface area contributed by atoms with Crippen LogP contribution < -0.4 is 0 Å². The van der Waals surface area contributed by atoms with E-state index in [0.717, 1.165) is 47.8 Å². The molecule has 1 heterocycles. The minimum absolute atomic E-state index is 0.244. The van der Waals surface area contributed by atoms with E-state index in [1.807, 2.05) is 4.68 Å². The average molecular weight is 561 g/mol. The van der Waals surface area contributed by atoms with Gasteiger partial charge in [0.1, 0.15) is 0 Å². The van der Waals surface area contributed by atoms with Crippen molar-refractivity contribution < 1.29 is 26.7 Å². The van der Waals surface area contributed by atoms with Crippen molar-refractivity contribution in [2.45, 2.75) is 92.7 Å². The van der Waals surface area contributed by atoms with Gasteiger partial charge in [0.2, 0.25) is 0 Å². The fraction of sp³-hybridized carbons (Fsp3) is 0.567. The molecule has 3 aliphatic carbocycles. The molecule has 0 spiro atoms. The molecule has 0 saturated heterocycles. The minimum atomic E-state index is -4.63. The van der Waals surface area contributed by atoms with Crippen LogP contribution in [0.3, 0.4) is 0 Å². The molecule has 39 heavy (non-hydrogen) atoms. The third-order valence-corrected chi connectivity index (χ3v) is 11.4. The van der Waals surface area contributed by atoms with Crippen LogP contribution in [0.15, 0.2) is 47.5 Å². The van der Waals surface area contributed by atoms with Gasteiger partial charge >= 0.3 is 6.18 Å². The molecule has 6 rings (SSSR count). The van der Waals surface area contributed by atoms with Crippen LogP contribution in [0.5, 0.6) is 0 Å². The van der Waals surface area contributed by atoms with Crippen LogP contribution in [0.25, 0.3) is 16.6 Å². The van der Waals surface area contributed by atoms with E-state index in [-0.39, 0.29) is 29.6 Å². The second-order valence-corrected chi connectivity index (χ2v) is 14.2. The second-order valence-electron chi connectivity index (χ2n) is 12.1. The lowest BCUT2D eigenvalue weighted by molar-refractivity contribution is -0.279. The molecule has 9 heteroatoms. The SMILES string of the molecule is CCC12CCC(O)(C(F)(F)F)CC1CCC(C1CCC1)c1cc3c(cnn3-c3ccc(S(C)(=O)=O)cc3)cc12. The molecule has 5 nitrogen and oxygen atoms in total. The van der Waals surface area contributed by atoms with Gasteiger partial charge in [0.05, 0.1) is 22.3 Å². The average Bonchev–Trinajstić information content (AvgIpc) is 3.21. The third kappa shape index (κ3) is 4.22. The first-order valence-electron chi connectivity index (χ1n) is 14.0. The molecule has 0 radical (unpaired) electrons. The Morgan fingerprint density at radius 3 is 2.38 bits per heavy atom. The lowest BCUT2D eigenvalue weighted by Crippen LogP contribution is -2.54. The van der Waals surface area contributed by atoms with E-state index in [4.69, 9.17) is 0 Å². The molecular formula is C30H35F3N2O3S. The van der Waals surface area contributed by atoms with Crippen LogP contribution in [0.1, 0.15) is 81.8 Å². The molecule has 2 aromatic carbocycles. The van der Waals surface area contributed by atoms with Crippen molar-refractivity contribution in [1.29, 1.82) is 0 Å². The van der Waals surface area contributed by atoms with Crippen LogP contribution in [0, 0.1) is 11.8 Å². The molecule has 1 aromatic heterocycles. The monoisotopic (exact) mass is 560 g/mol. The van der Waals surface area contributed by atoms with E-state index < -0.39 is 27.0 Å². The largest absolute Gasteiger partial charge is 0.417 e. The lowest BCUT2D eigenvalue weighted by Gasteiger charge is -2.50. The van der Waals surface area contributed by atoms with Gasteiger partial charge in [-0.1, -0.05) is 13.3 Å². The number of fused-ring (bicyclic) bond motifs is 4. The summed E-state index contributed by atoms with van der Waals surface area (Å²) in [5, 5.41) is 16.3. The molecule has 0 amide bonds. The zero-order valence-electron chi connectivity index (χ0n) is 22.3. The molecule has 3 aliphatic rings. The first-order chi connectivity index (χ1) is 18.4. The third-order valence-electron chi connectivity index (χ3n) is 10.2. The zero-order valence-corrected chi connectivity index (χ0v) is 23.2. The van der Waals surface area contributed by atoms with E-state index >= 15 is 0 Å². The number of aromatic nitrogens is 2. The molecule has 1 N–H and O–H groups in total. The van der Waals surface area contributed by atoms with Crippen molar-refractivity contribution in [3.05, 3.63) is 53.7 Å². The maximum atomic E-state index is 13.9. The Bertz CT molecular complexity index is 1510. The van der Waals surface area contributed by atoms with Crippen LogP contribution >= 0.6 is 0 Å². The number of nitrogens with zero attached hydrogens (tertiary/aromatic N) is 2. The second kappa shape index (κ2) is 9.06. The summed E-state index contributed by atoms with van der Waals surface area (Å²) < 4.78 is 67.5. The van der Waals surface area contributed by atoms with Gasteiger partial charge in [-0.25, -0.2) is 13.1 Å². The summed E-state index contributed by atoms with van der Waals surface area (Å²) in [6, 6.07) is 11.0. The molecule has 0 bridgehead atoms. The van der Waals surface area contributed by atoms with Crippen molar-refractivity contribution in [1.82, 2.24) is 9.78 Å². The molecule has 210 valence electrons. The summed E-state index contributed by atoms with van der Waals surface area (Å²) in [6.07, 6.45) is 3.78. The van der Waals surface area contributed by atoms with E-state index in [1.165, 1.54) is 18.2 Å². The van der Waals surface area contributed by atoms with Gasteiger partial charge in [-0.05, 0) is 122 Å². The zero-order chi connectivity index (χ0) is 27.8. The van der Waals surface area contributed by atoms with Crippen molar-refractivity contribution in [2.24, 2.45) is 11.8 Å². The van der Waals surface area contributed by atoms with Gasteiger partial charge in [-0.15, -0.1) is 0 Å². The van der Waals surface area contributed by atoms with Gasteiger partial charge in [0, 0.05) is 11.6 Å². The molecule has 2 saturated carbocycles. The van der Waals surface area contributed by atoms with E-state index in [1.54, 1.807) is 30.5 Å². The predicted octanol–water partition coefficient (Wildman–Crippen LogP) is 6.85. The fourth-order valence-electron chi connectivity index (χ4n) is 7.72. The standard InChI is InChI=1S/C30H35F3N2O3S/c1-3-28-13-14-29(36,30(31,32)33)17-21(28)7-12-24(19-5-4-6-19)25-16-27-20(15-26(25)28)18-34-35(27)22-8-10-23(11-9-22)39(2,37)38/h8-11,15-16,18-19,21,24,36H,3-7,12-14,17H2,1-2H3. The Labute approximate surface area is 227 Å². The lowest BCUT2D eigenvalue weighted by atomic mass is 9.56. The highest BCUT2D eigenvalue weighted by molar-refractivity contribution is 7.90. The Kier molecular flexibility index (Phi) is 6.23. The summed E-state index contributed by atoms with van der Waals surface area (Å²) in [7, 11) is -3.32. The van der Waals surface area contributed by atoms with Crippen LogP contribution in [0.2, 0.25) is 0 Å². The minimum Gasteiger partial charge on any atom is -0.380 e. The summed E-state index contributed by atoms with van der Waals surface area (Å²) in [5.74, 6) is 0.534. The van der Waals surface area contributed by atoms with Crippen molar-refractivity contribution in [3.8, 4) is 5.69 Å². The highest BCUT2D eigenvalue weighted by atomic mass is 32.2. The van der Waals surface area contributed by atoms with Crippen LogP contribution in [-0.4, -0.2) is 41.3 Å². The van der Waals surface area contributed by atoms with Crippen LogP contribution in [-0.2, 0) is 15.3 Å². The van der Waals surface area contributed by atoms with Crippen molar-refractivity contribution in [3.63, 3.8) is 0 Å². The smallest absolute Gasteiger partial charge is 0.380 e. The summed E-state index contributed by atoms with van der Waals surface area (Å²) >= 11 is 0. The van der Waals surface area contributed by atoms with Gasteiger partial charge in [-0.3, -0.25) is 0 Å². The number of hydrogen-bond donors (Lipinski definition) is 1. The molecule has 3 aromatic rings. The van der Waals surface area contributed by atoms with Crippen molar-refractivity contribution >= 4 is 20.7 Å². The molecule has 4 atom stereocenters. The van der Waals surface area contributed by atoms with Gasteiger partial charge in [0.15, 0.2) is 15.4 Å². The molecule has 0 aliphatic heterocycles. The topological polar surface area (TPSA) is 72.2 Å². The Balaban J connectivity index is 1.50. The summed E-state index contributed by atoms with van der Waals surface area (Å²) in [4.78, 5) is 0.244. The first-order valence-corrected chi connectivity index (χ1v) is 15.9. The Morgan fingerprint density at radius 2 is 1.79 bits per heavy atom. The number of halogens is 3. The summed E-state index contributed by atoms with van der Waals surface area (Å²) in [5.41, 5.74) is 0.995. The highest BCUT2D eigenvalue weighted by Gasteiger charge is 2.61. The number of sulfone groups is 1. The number of hydrogen-bond acceptors (Lipinski definition) is 4. The number of benzene rings is 2. The number of alkyl halides is 3. The molecule has 4 unspecified atom stereocenters. The highest BCUT2D eigenvalue weighted by Crippen LogP contribution is 2.60. The Hall–Kier alpha value is -2.39. The number of rotatable bonds is 4. The van der Waals surface area contributed by atoms with Gasteiger partial charge in [0.25, 0.3) is 0 Å². The van der Waals surface area contributed by atoms with Gasteiger partial charge in [-0.2, -0.15) is 18.3 Å². The summed E-state index contributed by atoms with van der Waals surface area (Å²) in [6.45, 7) is 2.08. The maximum absolute atomic E-state index is 13.9. The van der Waals surface area contributed by atoms with Gasteiger partial charge < -0.3 is 5.11 Å². The molecule has 2 fully saturated rings. The predicted molar refractivity (Wildman–Crippen MR) is 144 cm³/mol. The van der Waals surface area contributed by atoms with E-state index in [2.05, 4.69) is 24.2 Å². The quantitative estimate of drug-likeness (QED) is 0.379. The Morgan fingerprint density at radius 1 is 1.08 bits per heavy atom. The normalized spacial score (nSPS) is 29.9. The van der Waals surface area contributed by atoms with E-state index in [9.17, 15) is 26.7 Å². The number of aliphatic hydroxyl groups is 1. The maximum Gasteiger partial charge on any atom is 0.417 e.